The van der Waals surface area contributed by atoms with E-state index in [4.69, 9.17) is 4.74 Å². The minimum atomic E-state index is -0.723. The number of hydrogen-bond acceptors (Lipinski definition) is 3. The molecule has 1 amide bonds. The quantitative estimate of drug-likeness (QED) is 0.833. The molecule has 1 aliphatic carbocycles. The van der Waals surface area contributed by atoms with E-state index in [2.05, 4.69) is 5.32 Å². The van der Waals surface area contributed by atoms with Gasteiger partial charge in [0.2, 0.25) is 6.10 Å². The van der Waals surface area contributed by atoms with Crippen LogP contribution in [0.15, 0.2) is 54.6 Å². The van der Waals surface area contributed by atoms with Crippen LogP contribution in [0.4, 0.5) is 0 Å². The zero-order chi connectivity index (χ0) is 16.2. The number of rotatable bonds is 6. The van der Waals surface area contributed by atoms with E-state index in [0.29, 0.717) is 11.3 Å². The van der Waals surface area contributed by atoms with Gasteiger partial charge in [-0.15, -0.1) is 0 Å². The zero-order valence-electron chi connectivity index (χ0n) is 13.0. The number of amides is 1. The smallest absolute Gasteiger partial charge is 0.266 e. The number of ketones is 1. The van der Waals surface area contributed by atoms with E-state index < -0.39 is 6.10 Å². The van der Waals surface area contributed by atoms with Crippen LogP contribution >= 0.6 is 0 Å². The van der Waals surface area contributed by atoms with Crippen molar-refractivity contribution >= 4 is 11.7 Å². The molecule has 0 saturated heterocycles. The summed E-state index contributed by atoms with van der Waals surface area (Å²) in [6, 6.07) is 16.6. The fraction of sp³-hybridized carbons (Fsp3) is 0.263. The van der Waals surface area contributed by atoms with Gasteiger partial charge in [-0.2, -0.15) is 0 Å². The fourth-order valence-corrected chi connectivity index (χ4v) is 2.33. The van der Waals surface area contributed by atoms with Crippen LogP contribution in [0.5, 0.6) is 5.75 Å². The molecular weight excluding hydrogens is 290 g/mol. The van der Waals surface area contributed by atoms with E-state index in [0.717, 1.165) is 18.4 Å². The Hall–Kier alpha value is -2.62. The standard InChI is InChI=1S/C19H19NO3/c1-13(21)15-8-5-9-17(12-15)23-18(14-6-3-2-4-7-14)19(22)20-16-10-11-16/h2-9,12,16,18H,10-11H2,1H3,(H,20,22)/t18-/m0/s1. The Morgan fingerprint density at radius 3 is 2.48 bits per heavy atom. The molecule has 2 aromatic rings. The second-order valence-electron chi connectivity index (χ2n) is 5.78. The summed E-state index contributed by atoms with van der Waals surface area (Å²) in [4.78, 5) is 24.0. The lowest BCUT2D eigenvalue weighted by Crippen LogP contribution is -2.33. The van der Waals surface area contributed by atoms with Crippen molar-refractivity contribution in [1.82, 2.24) is 5.32 Å². The van der Waals surface area contributed by atoms with E-state index in [1.54, 1.807) is 24.3 Å². The molecule has 4 nitrogen and oxygen atoms in total. The van der Waals surface area contributed by atoms with Gasteiger partial charge in [0.05, 0.1) is 0 Å². The molecule has 1 aliphatic rings. The number of hydrogen-bond donors (Lipinski definition) is 1. The summed E-state index contributed by atoms with van der Waals surface area (Å²) in [5.41, 5.74) is 1.36. The van der Waals surface area contributed by atoms with Crippen molar-refractivity contribution in [1.29, 1.82) is 0 Å². The molecule has 0 unspecified atom stereocenters. The molecule has 1 N–H and O–H groups in total. The van der Waals surface area contributed by atoms with Crippen LogP contribution in [-0.2, 0) is 4.79 Å². The number of nitrogens with one attached hydrogen (secondary N) is 1. The Labute approximate surface area is 135 Å². The first-order valence-electron chi connectivity index (χ1n) is 7.76. The predicted octanol–water partition coefficient (Wildman–Crippen LogP) is 3.29. The zero-order valence-corrected chi connectivity index (χ0v) is 13.0. The van der Waals surface area contributed by atoms with Gasteiger partial charge in [0.25, 0.3) is 5.91 Å². The highest BCUT2D eigenvalue weighted by atomic mass is 16.5. The summed E-state index contributed by atoms with van der Waals surface area (Å²) >= 11 is 0. The van der Waals surface area contributed by atoms with Crippen LogP contribution in [0.2, 0.25) is 0 Å². The lowest BCUT2D eigenvalue weighted by Gasteiger charge is -2.19. The van der Waals surface area contributed by atoms with Crippen LogP contribution in [-0.4, -0.2) is 17.7 Å². The van der Waals surface area contributed by atoms with Crippen molar-refractivity contribution in [2.45, 2.75) is 31.9 Å². The summed E-state index contributed by atoms with van der Waals surface area (Å²) in [6.07, 6.45) is 1.32. The van der Waals surface area contributed by atoms with Crippen LogP contribution in [0.3, 0.4) is 0 Å². The molecule has 4 heteroatoms. The predicted molar refractivity (Wildman–Crippen MR) is 87.4 cm³/mol. The Bertz CT molecular complexity index is 708. The second kappa shape index (κ2) is 6.65. The summed E-state index contributed by atoms with van der Waals surface area (Å²) < 4.78 is 5.92. The Kier molecular flexibility index (Phi) is 4.42. The number of ether oxygens (including phenoxy) is 1. The number of carbonyl (C=O) groups is 2. The molecular formula is C19H19NO3. The molecule has 2 aromatic carbocycles. The highest BCUT2D eigenvalue weighted by molar-refractivity contribution is 5.94. The molecule has 3 rings (SSSR count). The van der Waals surface area contributed by atoms with Gasteiger partial charge in [-0.05, 0) is 31.9 Å². The molecule has 1 saturated carbocycles. The highest BCUT2D eigenvalue weighted by Gasteiger charge is 2.29. The molecule has 23 heavy (non-hydrogen) atoms. The molecule has 0 bridgehead atoms. The van der Waals surface area contributed by atoms with Gasteiger partial charge in [0.1, 0.15) is 5.75 Å². The Balaban J connectivity index is 1.84. The normalized spacial score (nSPS) is 14.8. The molecule has 0 aromatic heterocycles. The maximum Gasteiger partial charge on any atom is 0.266 e. The van der Waals surface area contributed by atoms with Crippen LogP contribution < -0.4 is 10.1 Å². The van der Waals surface area contributed by atoms with E-state index in [-0.39, 0.29) is 17.7 Å². The second-order valence-corrected chi connectivity index (χ2v) is 5.78. The van der Waals surface area contributed by atoms with Gasteiger partial charge in [-0.25, -0.2) is 0 Å². The van der Waals surface area contributed by atoms with Crippen molar-refractivity contribution in [3.05, 3.63) is 65.7 Å². The highest BCUT2D eigenvalue weighted by Crippen LogP contribution is 2.26. The third-order valence-electron chi connectivity index (χ3n) is 3.76. The maximum absolute atomic E-state index is 12.5. The van der Waals surface area contributed by atoms with E-state index in [1.165, 1.54) is 6.92 Å². The first kappa shape index (κ1) is 15.3. The molecule has 0 spiro atoms. The van der Waals surface area contributed by atoms with Crippen molar-refractivity contribution < 1.29 is 14.3 Å². The van der Waals surface area contributed by atoms with Crippen molar-refractivity contribution in [2.24, 2.45) is 0 Å². The fourth-order valence-electron chi connectivity index (χ4n) is 2.33. The van der Waals surface area contributed by atoms with Crippen molar-refractivity contribution in [2.75, 3.05) is 0 Å². The summed E-state index contributed by atoms with van der Waals surface area (Å²) in [5.74, 6) is 0.332. The van der Waals surface area contributed by atoms with Crippen LogP contribution in [0, 0.1) is 0 Å². The number of benzene rings is 2. The minimum Gasteiger partial charge on any atom is -0.476 e. The van der Waals surface area contributed by atoms with Gasteiger partial charge in [-0.1, -0.05) is 42.5 Å². The van der Waals surface area contributed by atoms with Crippen molar-refractivity contribution in [3.63, 3.8) is 0 Å². The first-order valence-corrected chi connectivity index (χ1v) is 7.76. The Morgan fingerprint density at radius 2 is 1.83 bits per heavy atom. The van der Waals surface area contributed by atoms with Gasteiger partial charge in [0.15, 0.2) is 5.78 Å². The lowest BCUT2D eigenvalue weighted by atomic mass is 10.1. The number of Topliss-reactive ketones (excluding diaryl/α,β-unsaturated/α-hetero) is 1. The Morgan fingerprint density at radius 1 is 1.09 bits per heavy atom. The third kappa shape index (κ3) is 3.97. The van der Waals surface area contributed by atoms with E-state index in [9.17, 15) is 9.59 Å². The third-order valence-corrected chi connectivity index (χ3v) is 3.76. The molecule has 0 heterocycles. The topological polar surface area (TPSA) is 55.4 Å². The molecule has 0 radical (unpaired) electrons. The SMILES string of the molecule is CC(=O)c1cccc(O[C@H](C(=O)NC2CC2)c2ccccc2)c1. The maximum atomic E-state index is 12.5. The average molecular weight is 309 g/mol. The van der Waals surface area contributed by atoms with Gasteiger partial charge in [0, 0.05) is 17.2 Å². The lowest BCUT2D eigenvalue weighted by molar-refractivity contribution is -0.128. The summed E-state index contributed by atoms with van der Waals surface area (Å²) in [5, 5.41) is 2.98. The molecule has 1 fully saturated rings. The van der Waals surface area contributed by atoms with E-state index >= 15 is 0 Å². The molecule has 118 valence electrons. The summed E-state index contributed by atoms with van der Waals surface area (Å²) in [6.45, 7) is 1.51. The average Bonchev–Trinajstić information content (AvgIpc) is 3.37. The molecule has 0 aliphatic heterocycles. The van der Waals surface area contributed by atoms with Gasteiger partial charge in [-0.3, -0.25) is 9.59 Å². The summed E-state index contributed by atoms with van der Waals surface area (Å²) in [7, 11) is 0. The number of carbonyl (C=O) groups excluding carboxylic acids is 2. The minimum absolute atomic E-state index is 0.0332. The first-order chi connectivity index (χ1) is 11.1. The monoisotopic (exact) mass is 309 g/mol. The van der Waals surface area contributed by atoms with E-state index in [1.807, 2.05) is 30.3 Å². The molecule has 1 atom stereocenters. The van der Waals surface area contributed by atoms with Gasteiger partial charge >= 0.3 is 0 Å². The van der Waals surface area contributed by atoms with Gasteiger partial charge < -0.3 is 10.1 Å². The van der Waals surface area contributed by atoms with Crippen LogP contribution in [0.1, 0.15) is 41.8 Å². The van der Waals surface area contributed by atoms with Crippen molar-refractivity contribution in [3.8, 4) is 5.75 Å². The largest absolute Gasteiger partial charge is 0.476 e. The van der Waals surface area contributed by atoms with Crippen LogP contribution in [0.25, 0.3) is 0 Å².